The van der Waals surface area contributed by atoms with E-state index in [1.807, 2.05) is 11.3 Å². The summed E-state index contributed by atoms with van der Waals surface area (Å²) in [5.41, 5.74) is 1.52. The van der Waals surface area contributed by atoms with Gasteiger partial charge in [0.25, 0.3) is 0 Å². The van der Waals surface area contributed by atoms with Crippen molar-refractivity contribution in [1.29, 1.82) is 0 Å². The van der Waals surface area contributed by atoms with E-state index < -0.39 is 0 Å². The lowest BCUT2D eigenvalue weighted by Crippen LogP contribution is -2.40. The van der Waals surface area contributed by atoms with Gasteiger partial charge in [-0.05, 0) is 66.8 Å². The highest BCUT2D eigenvalue weighted by molar-refractivity contribution is 8.00. The predicted molar refractivity (Wildman–Crippen MR) is 84.8 cm³/mol. The fourth-order valence-corrected chi connectivity index (χ4v) is 4.76. The van der Waals surface area contributed by atoms with E-state index in [1.165, 1.54) is 56.4 Å². The van der Waals surface area contributed by atoms with Crippen LogP contribution in [0.4, 0.5) is 0 Å². The third-order valence-corrected chi connectivity index (χ3v) is 5.89. The topological polar surface area (TPSA) is 12.0 Å². The highest BCUT2D eigenvalue weighted by atomic mass is 32.2. The first-order valence-corrected chi connectivity index (χ1v) is 9.25. The van der Waals surface area contributed by atoms with Crippen LogP contribution in [0.3, 0.4) is 0 Å². The summed E-state index contributed by atoms with van der Waals surface area (Å²) in [4.78, 5) is 0. The maximum absolute atomic E-state index is 3.78. The molecule has 1 saturated heterocycles. The monoisotopic (exact) mass is 283 g/mol. The molecule has 102 valence electrons. The average molecular weight is 284 g/mol. The van der Waals surface area contributed by atoms with Crippen LogP contribution in [0.15, 0.2) is 16.8 Å². The summed E-state index contributed by atoms with van der Waals surface area (Å²) in [6, 6.07) is 2.99. The highest BCUT2D eigenvalue weighted by Crippen LogP contribution is 2.29. The van der Waals surface area contributed by atoms with E-state index in [1.54, 1.807) is 0 Å². The molecular formula is C15H25NS2. The molecule has 0 aliphatic carbocycles. The number of nitrogens with one attached hydrogen (secondary N) is 1. The number of hydrogen-bond donors (Lipinski definition) is 1. The maximum Gasteiger partial charge on any atom is 0.0201 e. The van der Waals surface area contributed by atoms with Crippen LogP contribution in [-0.2, 0) is 6.42 Å². The molecule has 0 spiro atoms. The van der Waals surface area contributed by atoms with Crippen LogP contribution in [-0.4, -0.2) is 23.6 Å². The molecule has 2 heterocycles. The SMILES string of the molecule is CCCNC(CCc1ccsc1)C1CCCCS1. The quantitative estimate of drug-likeness (QED) is 0.799. The molecule has 0 amide bonds. The van der Waals surface area contributed by atoms with Crippen molar-refractivity contribution < 1.29 is 0 Å². The fraction of sp³-hybridized carbons (Fsp3) is 0.733. The average Bonchev–Trinajstić information content (AvgIpc) is 2.93. The van der Waals surface area contributed by atoms with Gasteiger partial charge >= 0.3 is 0 Å². The van der Waals surface area contributed by atoms with Gasteiger partial charge in [0.05, 0.1) is 0 Å². The molecule has 3 heteroatoms. The van der Waals surface area contributed by atoms with Crippen molar-refractivity contribution in [3.8, 4) is 0 Å². The van der Waals surface area contributed by atoms with Gasteiger partial charge in [0.15, 0.2) is 0 Å². The Balaban J connectivity index is 1.83. The molecule has 1 aliphatic rings. The molecule has 1 N–H and O–H groups in total. The molecule has 2 unspecified atom stereocenters. The van der Waals surface area contributed by atoms with E-state index in [2.05, 4.69) is 40.8 Å². The summed E-state index contributed by atoms with van der Waals surface area (Å²) in [6.45, 7) is 3.43. The van der Waals surface area contributed by atoms with Gasteiger partial charge in [-0.2, -0.15) is 23.1 Å². The van der Waals surface area contributed by atoms with Crippen molar-refractivity contribution in [2.24, 2.45) is 0 Å². The summed E-state index contributed by atoms with van der Waals surface area (Å²) in [7, 11) is 0. The number of aryl methyl sites for hydroxylation is 1. The van der Waals surface area contributed by atoms with Gasteiger partial charge in [-0.25, -0.2) is 0 Å². The van der Waals surface area contributed by atoms with E-state index in [0.717, 1.165) is 11.3 Å². The van der Waals surface area contributed by atoms with Crippen molar-refractivity contribution in [2.75, 3.05) is 12.3 Å². The minimum absolute atomic E-state index is 0.718. The molecule has 2 rings (SSSR count). The van der Waals surface area contributed by atoms with Crippen LogP contribution in [0.5, 0.6) is 0 Å². The van der Waals surface area contributed by atoms with Crippen LogP contribution in [0, 0.1) is 0 Å². The summed E-state index contributed by atoms with van der Waals surface area (Å²) < 4.78 is 0. The second-order valence-corrected chi connectivity index (χ2v) is 7.26. The third kappa shape index (κ3) is 4.60. The summed E-state index contributed by atoms with van der Waals surface area (Å²) in [5, 5.41) is 9.13. The molecule has 1 aliphatic heterocycles. The molecule has 0 saturated carbocycles. The van der Waals surface area contributed by atoms with Crippen LogP contribution < -0.4 is 5.32 Å². The van der Waals surface area contributed by atoms with E-state index >= 15 is 0 Å². The maximum atomic E-state index is 3.78. The Morgan fingerprint density at radius 2 is 2.39 bits per heavy atom. The van der Waals surface area contributed by atoms with Crippen LogP contribution in [0.1, 0.15) is 44.6 Å². The highest BCUT2D eigenvalue weighted by Gasteiger charge is 2.23. The molecule has 0 radical (unpaired) electrons. The first-order chi connectivity index (χ1) is 8.90. The molecule has 1 aromatic rings. The van der Waals surface area contributed by atoms with Gasteiger partial charge < -0.3 is 5.32 Å². The zero-order chi connectivity index (χ0) is 12.6. The Morgan fingerprint density at radius 3 is 3.06 bits per heavy atom. The van der Waals surface area contributed by atoms with Gasteiger partial charge in [-0.3, -0.25) is 0 Å². The zero-order valence-electron chi connectivity index (χ0n) is 11.4. The Labute approximate surface area is 120 Å². The van der Waals surface area contributed by atoms with E-state index in [0.29, 0.717) is 0 Å². The Kier molecular flexibility index (Phi) is 6.60. The molecule has 1 fully saturated rings. The lowest BCUT2D eigenvalue weighted by molar-refractivity contribution is 0.440. The minimum Gasteiger partial charge on any atom is -0.313 e. The second-order valence-electron chi connectivity index (χ2n) is 5.14. The number of rotatable bonds is 7. The van der Waals surface area contributed by atoms with Gasteiger partial charge in [-0.15, -0.1) is 0 Å². The van der Waals surface area contributed by atoms with Crippen molar-refractivity contribution in [2.45, 2.75) is 56.7 Å². The first kappa shape index (κ1) is 14.4. The zero-order valence-corrected chi connectivity index (χ0v) is 13.0. The van der Waals surface area contributed by atoms with Crippen LogP contribution in [0.2, 0.25) is 0 Å². The van der Waals surface area contributed by atoms with Crippen molar-refractivity contribution >= 4 is 23.1 Å². The molecule has 1 nitrogen and oxygen atoms in total. The van der Waals surface area contributed by atoms with Crippen LogP contribution >= 0.6 is 23.1 Å². The summed E-state index contributed by atoms with van der Waals surface area (Å²) in [6.07, 6.45) is 8.05. The molecular weight excluding hydrogens is 258 g/mol. The Bertz CT molecular complexity index is 304. The number of thioether (sulfide) groups is 1. The van der Waals surface area contributed by atoms with E-state index in [9.17, 15) is 0 Å². The Hall–Kier alpha value is 0.01000. The number of thiophene rings is 1. The van der Waals surface area contributed by atoms with Gasteiger partial charge in [0.1, 0.15) is 0 Å². The van der Waals surface area contributed by atoms with Gasteiger partial charge in [0, 0.05) is 11.3 Å². The standard InChI is InChI=1S/C15H25NS2/c1-2-9-16-14(15-5-3-4-10-18-15)7-6-13-8-11-17-12-13/h8,11-12,14-16H,2-7,9-10H2,1H3. The van der Waals surface area contributed by atoms with E-state index in [4.69, 9.17) is 0 Å². The lowest BCUT2D eigenvalue weighted by atomic mass is 10.0. The first-order valence-electron chi connectivity index (χ1n) is 7.26. The van der Waals surface area contributed by atoms with Crippen molar-refractivity contribution in [1.82, 2.24) is 5.32 Å². The van der Waals surface area contributed by atoms with Crippen molar-refractivity contribution in [3.63, 3.8) is 0 Å². The molecule has 0 aromatic carbocycles. The largest absolute Gasteiger partial charge is 0.313 e. The van der Waals surface area contributed by atoms with E-state index in [-0.39, 0.29) is 0 Å². The second kappa shape index (κ2) is 8.23. The van der Waals surface area contributed by atoms with Gasteiger partial charge in [0.2, 0.25) is 0 Å². The molecule has 2 atom stereocenters. The summed E-state index contributed by atoms with van der Waals surface area (Å²) in [5.74, 6) is 1.37. The summed E-state index contributed by atoms with van der Waals surface area (Å²) >= 11 is 4.02. The smallest absolute Gasteiger partial charge is 0.0201 e. The third-order valence-electron chi connectivity index (χ3n) is 3.64. The molecule has 1 aromatic heterocycles. The molecule has 18 heavy (non-hydrogen) atoms. The minimum atomic E-state index is 0.718. The number of hydrogen-bond acceptors (Lipinski definition) is 3. The Morgan fingerprint density at radius 1 is 1.44 bits per heavy atom. The lowest BCUT2D eigenvalue weighted by Gasteiger charge is -2.30. The predicted octanol–water partition coefficient (Wildman–Crippen LogP) is 4.33. The fourth-order valence-electron chi connectivity index (χ4n) is 2.59. The molecule has 0 bridgehead atoms. The van der Waals surface area contributed by atoms with Gasteiger partial charge in [-0.1, -0.05) is 13.3 Å². The normalized spacial score (nSPS) is 21.9. The van der Waals surface area contributed by atoms with Crippen molar-refractivity contribution in [3.05, 3.63) is 22.4 Å². The van der Waals surface area contributed by atoms with Crippen LogP contribution in [0.25, 0.3) is 0 Å².